The van der Waals surface area contributed by atoms with Crippen molar-refractivity contribution in [3.8, 4) is 0 Å². The van der Waals surface area contributed by atoms with Gasteiger partial charge in [-0.25, -0.2) is 0 Å². The van der Waals surface area contributed by atoms with Crippen molar-refractivity contribution in [3.05, 3.63) is 0 Å². The Balaban J connectivity index is 2.39. The van der Waals surface area contributed by atoms with Crippen molar-refractivity contribution in [3.63, 3.8) is 0 Å². The summed E-state index contributed by atoms with van der Waals surface area (Å²) in [6, 6.07) is 0.285. The normalized spacial score (nSPS) is 17.0. The third-order valence-electron chi connectivity index (χ3n) is 12.6. The highest BCUT2D eigenvalue weighted by atomic mass is 16.5. The predicted molar refractivity (Wildman–Crippen MR) is 239 cm³/mol. The van der Waals surface area contributed by atoms with E-state index in [9.17, 15) is 14.7 Å². The zero-order valence-electron chi connectivity index (χ0n) is 38.1. The first-order chi connectivity index (χ1) is 27.5. The van der Waals surface area contributed by atoms with Crippen LogP contribution in [0.1, 0.15) is 259 Å². The zero-order chi connectivity index (χ0) is 40.7. The van der Waals surface area contributed by atoms with E-state index in [2.05, 4.69) is 32.6 Å². The van der Waals surface area contributed by atoms with Crippen molar-refractivity contribution < 1.29 is 24.2 Å². The van der Waals surface area contributed by atoms with Crippen LogP contribution in [0.3, 0.4) is 0 Å². The van der Waals surface area contributed by atoms with Gasteiger partial charge >= 0.3 is 11.9 Å². The first kappa shape index (κ1) is 52.9. The molecular formula is C50H97NO5. The Bertz CT molecular complexity index is 808. The van der Waals surface area contributed by atoms with Gasteiger partial charge in [-0.1, -0.05) is 195 Å². The Morgan fingerprint density at radius 1 is 0.464 bits per heavy atom. The molecule has 0 saturated heterocycles. The number of nitrogens with zero attached hydrogens (tertiary/aromatic N) is 1. The van der Waals surface area contributed by atoms with Crippen molar-refractivity contribution in [1.82, 2.24) is 4.90 Å². The monoisotopic (exact) mass is 792 g/mol. The third-order valence-corrected chi connectivity index (χ3v) is 12.6. The van der Waals surface area contributed by atoms with Gasteiger partial charge < -0.3 is 14.6 Å². The van der Waals surface area contributed by atoms with Crippen molar-refractivity contribution in [1.29, 1.82) is 0 Å². The van der Waals surface area contributed by atoms with Crippen LogP contribution < -0.4 is 0 Å². The highest BCUT2D eigenvalue weighted by Crippen LogP contribution is 2.25. The Morgan fingerprint density at radius 3 is 1.18 bits per heavy atom. The molecule has 56 heavy (non-hydrogen) atoms. The smallest absolute Gasteiger partial charge is 0.308 e. The van der Waals surface area contributed by atoms with E-state index in [1.165, 1.54) is 109 Å². The van der Waals surface area contributed by atoms with Gasteiger partial charge in [0.2, 0.25) is 0 Å². The van der Waals surface area contributed by atoms with Gasteiger partial charge in [-0.2, -0.15) is 0 Å². The molecule has 4 unspecified atom stereocenters. The molecule has 0 aromatic carbocycles. The van der Waals surface area contributed by atoms with Gasteiger partial charge in [0.05, 0.1) is 31.2 Å². The summed E-state index contributed by atoms with van der Waals surface area (Å²) >= 11 is 0. The largest absolute Gasteiger partial charge is 0.465 e. The third kappa shape index (κ3) is 29.1. The molecule has 6 heteroatoms. The second-order valence-corrected chi connectivity index (χ2v) is 17.8. The summed E-state index contributed by atoms with van der Waals surface area (Å²) in [6.45, 7) is 12.2. The van der Waals surface area contributed by atoms with E-state index in [4.69, 9.17) is 9.47 Å². The molecule has 1 aliphatic carbocycles. The van der Waals surface area contributed by atoms with Gasteiger partial charge in [0, 0.05) is 6.04 Å². The molecule has 0 amide bonds. The van der Waals surface area contributed by atoms with E-state index in [1.54, 1.807) is 0 Å². The molecule has 1 rings (SSSR count). The Kier molecular flexibility index (Phi) is 37.1. The van der Waals surface area contributed by atoms with Crippen molar-refractivity contribution in [2.24, 2.45) is 11.8 Å². The average Bonchev–Trinajstić information content (AvgIpc) is 3.20. The van der Waals surface area contributed by atoms with Crippen molar-refractivity contribution >= 4 is 11.9 Å². The lowest BCUT2D eigenvalue weighted by molar-refractivity contribution is -0.150. The molecular weight excluding hydrogens is 695 g/mol. The van der Waals surface area contributed by atoms with E-state index >= 15 is 0 Å². The number of aliphatic hydroxyl groups excluding tert-OH is 1. The minimum Gasteiger partial charge on any atom is -0.465 e. The van der Waals surface area contributed by atoms with Crippen LogP contribution in [0.2, 0.25) is 0 Å². The molecule has 0 heterocycles. The molecule has 6 nitrogen and oxygen atoms in total. The fourth-order valence-electron chi connectivity index (χ4n) is 8.82. The number of ether oxygens (including phenoxy) is 2. The minimum atomic E-state index is -0.208. The molecule has 1 saturated carbocycles. The standard InChI is InChI=1S/C50H97NO5/c1-5-9-13-17-19-27-37-45(35-25-15-11-7-3)49(53)55-43-33-23-21-31-41-51(47-39-29-30-40-48(47)52)42-32-22-24-34-44-56-50(54)46(36-26-16-12-8-4)38-28-20-18-14-10-6-2/h45-48,52H,5-44H2,1-4H3. The molecule has 4 atom stereocenters. The lowest BCUT2D eigenvalue weighted by Gasteiger charge is -2.38. The van der Waals surface area contributed by atoms with Gasteiger partial charge in [0.15, 0.2) is 0 Å². The van der Waals surface area contributed by atoms with Crippen LogP contribution in [0.4, 0.5) is 0 Å². The second kappa shape index (κ2) is 39.3. The summed E-state index contributed by atoms with van der Waals surface area (Å²) in [7, 11) is 0. The van der Waals surface area contributed by atoms with Crippen LogP contribution in [-0.4, -0.2) is 60.4 Å². The lowest BCUT2D eigenvalue weighted by atomic mass is 9.91. The summed E-state index contributed by atoms with van der Waals surface area (Å²) in [4.78, 5) is 28.7. The van der Waals surface area contributed by atoms with E-state index in [-0.39, 0.29) is 35.9 Å². The summed E-state index contributed by atoms with van der Waals surface area (Å²) in [6.07, 6.45) is 41.6. The van der Waals surface area contributed by atoms with E-state index in [0.29, 0.717) is 13.2 Å². The maximum atomic E-state index is 13.0. The molecule has 0 radical (unpaired) electrons. The van der Waals surface area contributed by atoms with E-state index < -0.39 is 0 Å². The van der Waals surface area contributed by atoms with Crippen LogP contribution in [0.25, 0.3) is 0 Å². The fourth-order valence-corrected chi connectivity index (χ4v) is 8.82. The molecule has 0 spiro atoms. The van der Waals surface area contributed by atoms with Gasteiger partial charge in [-0.15, -0.1) is 0 Å². The number of unbranched alkanes of at least 4 members (excludes halogenated alkanes) is 22. The summed E-state index contributed by atoms with van der Waals surface area (Å²) in [5.41, 5.74) is 0. The van der Waals surface area contributed by atoms with E-state index in [0.717, 1.165) is 135 Å². The van der Waals surface area contributed by atoms with Crippen LogP contribution >= 0.6 is 0 Å². The number of carbonyl (C=O) groups is 2. The van der Waals surface area contributed by atoms with Gasteiger partial charge in [-0.3, -0.25) is 14.5 Å². The first-order valence-corrected chi connectivity index (χ1v) is 25.2. The molecule has 332 valence electrons. The number of carbonyl (C=O) groups excluding carboxylic acids is 2. The van der Waals surface area contributed by atoms with Crippen LogP contribution in [0.15, 0.2) is 0 Å². The molecule has 1 fully saturated rings. The van der Waals surface area contributed by atoms with Crippen molar-refractivity contribution in [2.75, 3.05) is 26.3 Å². The topological polar surface area (TPSA) is 76.1 Å². The highest BCUT2D eigenvalue weighted by Gasteiger charge is 2.28. The van der Waals surface area contributed by atoms with Gasteiger partial charge in [-0.05, 0) is 77.3 Å². The van der Waals surface area contributed by atoms with Crippen LogP contribution in [0, 0.1) is 11.8 Å². The quantitative estimate of drug-likeness (QED) is 0.0491. The average molecular weight is 792 g/mol. The molecule has 0 aromatic rings. The Hall–Kier alpha value is -1.14. The maximum absolute atomic E-state index is 13.0. The first-order valence-electron chi connectivity index (χ1n) is 25.2. The number of aliphatic hydroxyl groups is 1. The number of hydrogen-bond acceptors (Lipinski definition) is 6. The number of esters is 2. The maximum Gasteiger partial charge on any atom is 0.308 e. The summed E-state index contributed by atoms with van der Waals surface area (Å²) in [5.74, 6) is 0.272. The van der Waals surface area contributed by atoms with Gasteiger partial charge in [0.1, 0.15) is 0 Å². The van der Waals surface area contributed by atoms with Gasteiger partial charge in [0.25, 0.3) is 0 Å². The Morgan fingerprint density at radius 2 is 0.786 bits per heavy atom. The Labute approximate surface area is 349 Å². The number of hydrogen-bond donors (Lipinski definition) is 1. The lowest BCUT2D eigenvalue weighted by Crippen LogP contribution is -2.46. The molecule has 0 bridgehead atoms. The SMILES string of the molecule is CCCCCCCCC(CCCCCC)C(=O)OCCCCCCN(CCCCCCOC(=O)C(CCCCCC)CCCCCCCC)C1CCCCC1O. The summed E-state index contributed by atoms with van der Waals surface area (Å²) in [5, 5.41) is 10.9. The van der Waals surface area contributed by atoms with Crippen molar-refractivity contribution in [2.45, 2.75) is 271 Å². The van der Waals surface area contributed by atoms with Crippen LogP contribution in [0.5, 0.6) is 0 Å². The second-order valence-electron chi connectivity index (χ2n) is 17.8. The minimum absolute atomic E-state index is 0.0520. The molecule has 1 aliphatic rings. The molecule has 0 aromatic heterocycles. The molecule has 0 aliphatic heterocycles. The highest BCUT2D eigenvalue weighted by molar-refractivity contribution is 5.72. The van der Waals surface area contributed by atoms with Crippen LogP contribution in [-0.2, 0) is 19.1 Å². The zero-order valence-corrected chi connectivity index (χ0v) is 38.1. The predicted octanol–water partition coefficient (Wildman–Crippen LogP) is 14.5. The van der Waals surface area contributed by atoms with E-state index in [1.807, 2.05) is 0 Å². The molecule has 1 N–H and O–H groups in total. The summed E-state index contributed by atoms with van der Waals surface area (Å²) < 4.78 is 11.7. The fraction of sp³-hybridized carbons (Fsp3) is 0.960. The number of rotatable bonds is 41.